The monoisotopic (exact) mass is 282 g/mol. The van der Waals surface area contributed by atoms with Gasteiger partial charge in [0.05, 0.1) is 22.8 Å². The van der Waals surface area contributed by atoms with Gasteiger partial charge in [-0.25, -0.2) is 4.21 Å². The molecule has 0 spiro atoms. The summed E-state index contributed by atoms with van der Waals surface area (Å²) >= 11 is 0. The van der Waals surface area contributed by atoms with Crippen molar-refractivity contribution in [3.05, 3.63) is 66.7 Å². The first-order chi connectivity index (χ1) is 9.81. The van der Waals surface area contributed by atoms with Gasteiger partial charge < -0.3 is 4.74 Å². The van der Waals surface area contributed by atoms with Crippen LogP contribution >= 0.6 is 0 Å². The molecule has 3 aromatic rings. The summed E-state index contributed by atoms with van der Waals surface area (Å²) in [7, 11) is 0.349. The van der Waals surface area contributed by atoms with E-state index >= 15 is 0 Å². The Hall–Kier alpha value is -2.13. The third kappa shape index (κ3) is 2.21. The molecule has 0 aliphatic heterocycles. The molecule has 0 saturated carbocycles. The summed E-state index contributed by atoms with van der Waals surface area (Å²) in [4.78, 5) is 1.51. The minimum absolute atomic E-state index is 0.658. The molecule has 2 nitrogen and oxygen atoms in total. The molecule has 0 aliphatic carbocycles. The predicted octanol–water partition coefficient (Wildman–Crippen LogP) is 4.02. The molecule has 0 radical (unpaired) electrons. The zero-order valence-corrected chi connectivity index (χ0v) is 11.9. The SMILES string of the molecule is COc1ccc2ccccc2c1S(=O)c1ccccc1. The second kappa shape index (κ2) is 5.47. The highest BCUT2D eigenvalue weighted by molar-refractivity contribution is 7.85. The third-order valence-electron chi connectivity index (χ3n) is 3.21. The third-order valence-corrected chi connectivity index (χ3v) is 4.70. The molecule has 20 heavy (non-hydrogen) atoms. The van der Waals surface area contributed by atoms with E-state index in [1.54, 1.807) is 7.11 Å². The second-order valence-electron chi connectivity index (χ2n) is 4.40. The van der Waals surface area contributed by atoms with E-state index in [-0.39, 0.29) is 0 Å². The molecule has 0 aromatic heterocycles. The second-order valence-corrected chi connectivity index (χ2v) is 5.82. The highest BCUT2D eigenvalue weighted by Crippen LogP contribution is 2.33. The first-order valence-corrected chi connectivity index (χ1v) is 7.49. The van der Waals surface area contributed by atoms with E-state index in [9.17, 15) is 4.21 Å². The van der Waals surface area contributed by atoms with E-state index in [1.165, 1.54) is 0 Å². The molecule has 3 heteroatoms. The molecular weight excluding hydrogens is 268 g/mol. The molecular formula is C17H14O2S. The maximum absolute atomic E-state index is 12.9. The minimum atomic E-state index is -1.26. The van der Waals surface area contributed by atoms with Crippen LogP contribution in [0.4, 0.5) is 0 Å². The summed E-state index contributed by atoms with van der Waals surface area (Å²) in [5.74, 6) is 0.658. The fourth-order valence-corrected chi connectivity index (χ4v) is 3.60. The average Bonchev–Trinajstić information content (AvgIpc) is 2.54. The van der Waals surface area contributed by atoms with Gasteiger partial charge in [0.1, 0.15) is 5.75 Å². The fourth-order valence-electron chi connectivity index (χ4n) is 2.24. The summed E-state index contributed by atoms with van der Waals surface area (Å²) in [5, 5.41) is 2.03. The largest absolute Gasteiger partial charge is 0.495 e. The summed E-state index contributed by atoms with van der Waals surface area (Å²) in [6.45, 7) is 0. The van der Waals surface area contributed by atoms with Gasteiger partial charge in [0.15, 0.2) is 0 Å². The Morgan fingerprint density at radius 3 is 2.30 bits per heavy atom. The van der Waals surface area contributed by atoms with Crippen molar-refractivity contribution in [1.29, 1.82) is 0 Å². The van der Waals surface area contributed by atoms with Gasteiger partial charge in [0.25, 0.3) is 0 Å². The molecule has 0 aliphatic rings. The number of hydrogen-bond acceptors (Lipinski definition) is 2. The molecule has 0 heterocycles. The van der Waals surface area contributed by atoms with Crippen molar-refractivity contribution in [2.75, 3.05) is 7.11 Å². The van der Waals surface area contributed by atoms with Crippen LogP contribution in [0, 0.1) is 0 Å². The molecule has 0 saturated heterocycles. The van der Waals surface area contributed by atoms with E-state index in [0.29, 0.717) is 5.75 Å². The molecule has 1 unspecified atom stereocenters. The van der Waals surface area contributed by atoms with Crippen molar-refractivity contribution in [3.8, 4) is 5.75 Å². The standard InChI is InChI=1S/C17H14O2S/c1-19-16-12-11-13-7-5-6-10-15(13)17(16)20(18)14-8-3-2-4-9-14/h2-12H,1H3. The van der Waals surface area contributed by atoms with Crippen LogP contribution in [-0.2, 0) is 10.8 Å². The van der Waals surface area contributed by atoms with Crippen LogP contribution in [0.5, 0.6) is 5.75 Å². The maximum Gasteiger partial charge on any atom is 0.136 e. The van der Waals surface area contributed by atoms with E-state index < -0.39 is 10.8 Å². The molecule has 100 valence electrons. The Balaban J connectivity index is 2.26. The number of hydrogen-bond donors (Lipinski definition) is 0. The topological polar surface area (TPSA) is 26.3 Å². The number of ether oxygens (including phenoxy) is 1. The summed E-state index contributed by atoms with van der Waals surface area (Å²) in [6.07, 6.45) is 0. The zero-order chi connectivity index (χ0) is 13.9. The highest BCUT2D eigenvalue weighted by atomic mass is 32.2. The van der Waals surface area contributed by atoms with Gasteiger partial charge in [0.2, 0.25) is 0 Å². The van der Waals surface area contributed by atoms with E-state index in [4.69, 9.17) is 4.74 Å². The van der Waals surface area contributed by atoms with Crippen LogP contribution in [0.1, 0.15) is 0 Å². The fraction of sp³-hybridized carbons (Fsp3) is 0.0588. The number of rotatable bonds is 3. The van der Waals surface area contributed by atoms with Crippen molar-refractivity contribution < 1.29 is 8.95 Å². The van der Waals surface area contributed by atoms with Gasteiger partial charge in [-0.05, 0) is 23.6 Å². The summed E-state index contributed by atoms with van der Waals surface area (Å²) in [6, 6.07) is 21.2. The molecule has 0 bridgehead atoms. The lowest BCUT2D eigenvalue weighted by atomic mass is 10.1. The van der Waals surface area contributed by atoms with Crippen LogP contribution in [0.3, 0.4) is 0 Å². The normalized spacial score (nSPS) is 12.2. The van der Waals surface area contributed by atoms with Crippen LogP contribution in [-0.4, -0.2) is 11.3 Å². The summed E-state index contributed by atoms with van der Waals surface area (Å²) in [5.41, 5.74) is 0. The van der Waals surface area contributed by atoms with Gasteiger partial charge >= 0.3 is 0 Å². The lowest BCUT2D eigenvalue weighted by Gasteiger charge is -2.11. The Labute approximate surface area is 120 Å². The summed E-state index contributed by atoms with van der Waals surface area (Å²) < 4.78 is 18.3. The lowest BCUT2D eigenvalue weighted by Crippen LogP contribution is -1.98. The molecule has 3 aromatic carbocycles. The minimum Gasteiger partial charge on any atom is -0.495 e. The van der Waals surface area contributed by atoms with Crippen LogP contribution in [0.15, 0.2) is 76.5 Å². The van der Waals surface area contributed by atoms with Gasteiger partial charge in [-0.3, -0.25) is 0 Å². The van der Waals surface area contributed by atoms with Crippen molar-refractivity contribution in [2.45, 2.75) is 9.79 Å². The van der Waals surface area contributed by atoms with E-state index in [1.807, 2.05) is 66.7 Å². The molecule has 0 fully saturated rings. The van der Waals surface area contributed by atoms with Crippen molar-refractivity contribution in [2.24, 2.45) is 0 Å². The van der Waals surface area contributed by atoms with Crippen molar-refractivity contribution in [1.82, 2.24) is 0 Å². The zero-order valence-electron chi connectivity index (χ0n) is 11.1. The molecule has 1 atom stereocenters. The lowest BCUT2D eigenvalue weighted by molar-refractivity contribution is 0.405. The smallest absolute Gasteiger partial charge is 0.136 e. The Morgan fingerprint density at radius 2 is 1.55 bits per heavy atom. The van der Waals surface area contributed by atoms with Crippen LogP contribution < -0.4 is 4.74 Å². The first-order valence-electron chi connectivity index (χ1n) is 6.34. The highest BCUT2D eigenvalue weighted by Gasteiger charge is 2.16. The maximum atomic E-state index is 12.9. The number of methoxy groups -OCH3 is 1. The number of benzene rings is 3. The Kier molecular flexibility index (Phi) is 3.52. The van der Waals surface area contributed by atoms with Crippen LogP contribution in [0.2, 0.25) is 0 Å². The quantitative estimate of drug-likeness (QED) is 0.725. The van der Waals surface area contributed by atoms with Crippen molar-refractivity contribution >= 4 is 21.6 Å². The van der Waals surface area contributed by atoms with Crippen LogP contribution in [0.25, 0.3) is 10.8 Å². The number of fused-ring (bicyclic) bond motifs is 1. The van der Waals surface area contributed by atoms with Gasteiger partial charge in [-0.1, -0.05) is 48.5 Å². The Morgan fingerprint density at radius 1 is 0.850 bits per heavy atom. The Bertz CT molecular complexity index is 766. The molecule has 0 N–H and O–H groups in total. The molecule has 0 amide bonds. The first kappa shape index (κ1) is 12.9. The van der Waals surface area contributed by atoms with E-state index in [2.05, 4.69) is 0 Å². The molecule has 3 rings (SSSR count). The van der Waals surface area contributed by atoms with E-state index in [0.717, 1.165) is 20.6 Å². The van der Waals surface area contributed by atoms with Gasteiger partial charge in [0, 0.05) is 10.3 Å². The predicted molar refractivity (Wildman–Crippen MR) is 81.6 cm³/mol. The van der Waals surface area contributed by atoms with Crippen molar-refractivity contribution in [3.63, 3.8) is 0 Å². The van der Waals surface area contributed by atoms with Gasteiger partial charge in [-0.15, -0.1) is 0 Å². The average molecular weight is 282 g/mol. The van der Waals surface area contributed by atoms with Gasteiger partial charge in [-0.2, -0.15) is 0 Å².